The second kappa shape index (κ2) is 5.86. The number of carbonyl (C=O) groups is 1. The van der Waals surface area contributed by atoms with E-state index in [2.05, 4.69) is 10.1 Å². The van der Waals surface area contributed by atoms with Gasteiger partial charge in [-0.3, -0.25) is 4.79 Å². The fraction of sp³-hybridized carbons (Fsp3) is 0.462. The Morgan fingerprint density at radius 1 is 1.42 bits per heavy atom. The lowest BCUT2D eigenvalue weighted by molar-refractivity contribution is -0.128. The summed E-state index contributed by atoms with van der Waals surface area (Å²) in [5.74, 6) is 0.123. The van der Waals surface area contributed by atoms with Crippen molar-refractivity contribution in [2.45, 2.75) is 25.5 Å². The van der Waals surface area contributed by atoms with Crippen molar-refractivity contribution in [1.29, 1.82) is 0 Å². The number of amides is 1. The highest BCUT2D eigenvalue weighted by atomic mass is 19.3. The second-order valence-electron chi connectivity index (χ2n) is 4.49. The lowest BCUT2D eigenvalue weighted by Gasteiger charge is -2.17. The van der Waals surface area contributed by atoms with Crippen LogP contribution in [0.5, 0.6) is 5.75 Å². The molecule has 1 fully saturated rings. The molecule has 0 unspecified atom stereocenters. The van der Waals surface area contributed by atoms with Gasteiger partial charge in [0, 0.05) is 18.8 Å². The number of hydrogen-bond donors (Lipinski definition) is 1. The highest BCUT2D eigenvalue weighted by Gasteiger charge is 2.29. The van der Waals surface area contributed by atoms with Crippen LogP contribution in [0, 0.1) is 0 Å². The molecule has 0 aromatic heterocycles. The molecular weight excluding hydrogens is 254 g/mol. The molecule has 0 bridgehead atoms. The maximum atomic E-state index is 12.0. The zero-order valence-corrected chi connectivity index (χ0v) is 10.6. The zero-order valence-electron chi connectivity index (χ0n) is 10.6. The minimum absolute atomic E-state index is 0.0235. The van der Waals surface area contributed by atoms with Gasteiger partial charge in [0.25, 0.3) is 0 Å². The van der Waals surface area contributed by atoms with Gasteiger partial charge in [0.05, 0.1) is 6.54 Å². The van der Waals surface area contributed by atoms with Crippen molar-refractivity contribution in [1.82, 2.24) is 4.90 Å². The summed E-state index contributed by atoms with van der Waals surface area (Å²) < 4.78 is 28.2. The van der Waals surface area contributed by atoms with E-state index in [1.54, 1.807) is 24.1 Å². The van der Waals surface area contributed by atoms with E-state index in [-0.39, 0.29) is 18.2 Å². The van der Waals surface area contributed by atoms with Crippen molar-refractivity contribution in [2.75, 3.05) is 18.9 Å². The van der Waals surface area contributed by atoms with Crippen LogP contribution in [0.15, 0.2) is 24.3 Å². The average molecular weight is 270 g/mol. The van der Waals surface area contributed by atoms with Gasteiger partial charge in [-0.05, 0) is 37.1 Å². The van der Waals surface area contributed by atoms with Crippen LogP contribution in [-0.2, 0) is 4.79 Å². The summed E-state index contributed by atoms with van der Waals surface area (Å²) in [6.45, 7) is -2.63. The Labute approximate surface area is 110 Å². The smallest absolute Gasteiger partial charge is 0.387 e. The predicted octanol–water partition coefficient (Wildman–Crippen LogP) is 2.32. The molecule has 1 aliphatic rings. The van der Waals surface area contributed by atoms with Crippen molar-refractivity contribution < 1.29 is 18.3 Å². The molecule has 0 spiro atoms. The Balaban J connectivity index is 1.80. The largest absolute Gasteiger partial charge is 0.435 e. The molecule has 1 saturated carbocycles. The Hall–Kier alpha value is -1.85. The average Bonchev–Trinajstić information content (AvgIpc) is 3.20. The first-order valence-corrected chi connectivity index (χ1v) is 6.10. The SMILES string of the molecule is CN(C(=O)CNc1ccc(OC(F)F)cc1)C1CC1. The molecule has 0 radical (unpaired) electrons. The molecule has 4 nitrogen and oxygen atoms in total. The molecule has 104 valence electrons. The predicted molar refractivity (Wildman–Crippen MR) is 67.4 cm³/mol. The van der Waals surface area contributed by atoms with E-state index in [4.69, 9.17) is 0 Å². The van der Waals surface area contributed by atoms with Crippen LogP contribution < -0.4 is 10.1 Å². The van der Waals surface area contributed by atoms with E-state index in [9.17, 15) is 13.6 Å². The summed E-state index contributed by atoms with van der Waals surface area (Å²) in [6.07, 6.45) is 2.14. The number of ether oxygens (including phenoxy) is 1. The number of hydrogen-bond acceptors (Lipinski definition) is 3. The van der Waals surface area contributed by atoms with Crippen molar-refractivity contribution in [3.63, 3.8) is 0 Å². The van der Waals surface area contributed by atoms with Crippen LogP contribution >= 0.6 is 0 Å². The Bertz CT molecular complexity index is 433. The molecule has 2 rings (SSSR count). The Morgan fingerprint density at radius 2 is 2.05 bits per heavy atom. The molecule has 0 atom stereocenters. The molecule has 1 aromatic carbocycles. The fourth-order valence-electron chi connectivity index (χ4n) is 1.72. The molecule has 1 aliphatic carbocycles. The third-order valence-electron chi connectivity index (χ3n) is 3.01. The molecule has 0 saturated heterocycles. The highest BCUT2D eigenvalue weighted by molar-refractivity contribution is 5.81. The Kier molecular flexibility index (Phi) is 4.19. The van der Waals surface area contributed by atoms with Gasteiger partial charge in [-0.1, -0.05) is 0 Å². The van der Waals surface area contributed by atoms with Crippen molar-refractivity contribution in [3.8, 4) is 5.75 Å². The third kappa shape index (κ3) is 4.08. The first-order valence-electron chi connectivity index (χ1n) is 6.10. The number of nitrogens with zero attached hydrogens (tertiary/aromatic N) is 1. The van der Waals surface area contributed by atoms with Crippen LogP contribution in [-0.4, -0.2) is 37.1 Å². The van der Waals surface area contributed by atoms with E-state index in [0.717, 1.165) is 12.8 Å². The quantitative estimate of drug-likeness (QED) is 0.862. The highest BCUT2D eigenvalue weighted by Crippen LogP contribution is 2.25. The van der Waals surface area contributed by atoms with Gasteiger partial charge in [0.15, 0.2) is 0 Å². The summed E-state index contributed by atoms with van der Waals surface area (Å²) in [5, 5.41) is 2.95. The van der Waals surface area contributed by atoms with Gasteiger partial charge >= 0.3 is 6.61 Å². The van der Waals surface area contributed by atoms with Crippen LogP contribution in [0.25, 0.3) is 0 Å². The molecular formula is C13H16F2N2O2. The molecule has 6 heteroatoms. The van der Waals surface area contributed by atoms with Crippen molar-refractivity contribution in [2.24, 2.45) is 0 Å². The number of anilines is 1. The van der Waals surface area contributed by atoms with Gasteiger partial charge in [-0.2, -0.15) is 8.78 Å². The first kappa shape index (κ1) is 13.6. The number of likely N-dealkylation sites (N-methyl/N-ethyl adjacent to an activating group) is 1. The van der Waals surface area contributed by atoms with E-state index < -0.39 is 6.61 Å². The molecule has 1 amide bonds. The van der Waals surface area contributed by atoms with Crippen LogP contribution in [0.2, 0.25) is 0 Å². The van der Waals surface area contributed by atoms with Gasteiger partial charge in [-0.25, -0.2) is 0 Å². The number of nitrogens with one attached hydrogen (secondary N) is 1. The summed E-state index contributed by atoms with van der Waals surface area (Å²) >= 11 is 0. The minimum atomic E-state index is -2.83. The van der Waals surface area contributed by atoms with E-state index in [1.165, 1.54) is 12.1 Å². The minimum Gasteiger partial charge on any atom is -0.435 e. The van der Waals surface area contributed by atoms with Gasteiger partial charge in [0.1, 0.15) is 5.75 Å². The number of carbonyl (C=O) groups excluding carboxylic acids is 1. The van der Waals surface area contributed by atoms with E-state index in [0.29, 0.717) is 11.7 Å². The van der Waals surface area contributed by atoms with Gasteiger partial charge in [-0.15, -0.1) is 0 Å². The van der Waals surface area contributed by atoms with E-state index >= 15 is 0 Å². The number of benzene rings is 1. The van der Waals surface area contributed by atoms with E-state index in [1.807, 2.05) is 0 Å². The molecule has 1 N–H and O–H groups in total. The lowest BCUT2D eigenvalue weighted by atomic mass is 10.3. The van der Waals surface area contributed by atoms with Crippen LogP contribution in [0.4, 0.5) is 14.5 Å². The van der Waals surface area contributed by atoms with Crippen LogP contribution in [0.3, 0.4) is 0 Å². The monoisotopic (exact) mass is 270 g/mol. The summed E-state index contributed by atoms with van der Waals surface area (Å²) in [6, 6.07) is 6.45. The summed E-state index contributed by atoms with van der Waals surface area (Å²) in [5.41, 5.74) is 0.694. The molecule has 0 aliphatic heterocycles. The Morgan fingerprint density at radius 3 is 2.58 bits per heavy atom. The molecule has 1 aromatic rings. The normalized spacial score (nSPS) is 14.3. The molecule has 0 heterocycles. The summed E-state index contributed by atoms with van der Waals surface area (Å²) in [4.78, 5) is 13.5. The lowest BCUT2D eigenvalue weighted by Crippen LogP contribution is -2.33. The van der Waals surface area contributed by atoms with Crippen molar-refractivity contribution in [3.05, 3.63) is 24.3 Å². The van der Waals surface area contributed by atoms with Gasteiger partial charge in [0.2, 0.25) is 5.91 Å². The zero-order chi connectivity index (χ0) is 13.8. The number of alkyl halides is 2. The molecule has 19 heavy (non-hydrogen) atoms. The van der Waals surface area contributed by atoms with Crippen molar-refractivity contribution >= 4 is 11.6 Å². The summed E-state index contributed by atoms with van der Waals surface area (Å²) in [7, 11) is 1.79. The van der Waals surface area contributed by atoms with Crippen LogP contribution in [0.1, 0.15) is 12.8 Å². The maximum absolute atomic E-state index is 12.0. The first-order chi connectivity index (χ1) is 9.06. The maximum Gasteiger partial charge on any atom is 0.387 e. The topological polar surface area (TPSA) is 41.6 Å². The second-order valence-corrected chi connectivity index (χ2v) is 4.49. The standard InChI is InChI=1S/C13H16F2N2O2/c1-17(10-4-5-10)12(18)8-16-9-2-6-11(7-3-9)19-13(14)15/h2-3,6-7,10,13,16H,4-5,8H2,1H3. The fourth-order valence-corrected chi connectivity index (χ4v) is 1.72. The number of rotatable bonds is 6. The number of halogens is 2. The van der Waals surface area contributed by atoms with Gasteiger partial charge < -0.3 is 15.0 Å². The third-order valence-corrected chi connectivity index (χ3v) is 3.01.